The van der Waals surface area contributed by atoms with Gasteiger partial charge in [-0.1, -0.05) is 18.7 Å². The molecule has 1 aromatic carbocycles. The van der Waals surface area contributed by atoms with Gasteiger partial charge in [0.05, 0.1) is 23.4 Å². The molecule has 6 nitrogen and oxygen atoms in total. The summed E-state index contributed by atoms with van der Waals surface area (Å²) in [5.74, 6) is 1.16. The molecule has 1 saturated heterocycles. The Morgan fingerprint density at radius 3 is 2.52 bits per heavy atom. The van der Waals surface area contributed by atoms with Crippen molar-refractivity contribution in [3.05, 3.63) is 27.1 Å². The zero-order chi connectivity index (χ0) is 23.5. The van der Waals surface area contributed by atoms with E-state index in [1.165, 1.54) is 11.8 Å². The first-order valence-corrected chi connectivity index (χ1v) is 13.3. The zero-order valence-corrected chi connectivity index (χ0v) is 21.8. The van der Waals surface area contributed by atoms with Crippen LogP contribution in [0.25, 0.3) is 10.9 Å². The van der Waals surface area contributed by atoms with Crippen LogP contribution in [0.5, 0.6) is 0 Å². The molecule has 2 bridgehead atoms. The van der Waals surface area contributed by atoms with Crippen molar-refractivity contribution < 1.29 is 18.7 Å². The van der Waals surface area contributed by atoms with Crippen LogP contribution in [-0.4, -0.2) is 45.4 Å². The predicted octanol–water partition coefficient (Wildman–Crippen LogP) is 6.03. The first-order valence-electron chi connectivity index (χ1n) is 11.6. The third-order valence-electron chi connectivity index (χ3n) is 6.82. The number of halogens is 2. The van der Waals surface area contributed by atoms with Crippen LogP contribution in [0.2, 0.25) is 0 Å². The van der Waals surface area contributed by atoms with Crippen LogP contribution in [0, 0.1) is 17.7 Å². The van der Waals surface area contributed by atoms with Crippen LogP contribution in [0.4, 0.5) is 9.18 Å². The molecular weight excluding hydrogens is 509 g/mol. The molecule has 9 heteroatoms. The molecule has 3 heterocycles. The largest absolute Gasteiger partial charge is 0.444 e. The Balaban J connectivity index is 1.59. The molecule has 2 fully saturated rings. The SMILES string of the molecule is CCSc1nc(C2C3CCC2CN(C(=O)OC(C)(C)C)C3)c2c3c(c(Br)c(F)c2n1)COC3. The normalized spacial score (nSPS) is 24.4. The standard InChI is InChI=1S/C24H29BrFN3O3S/c1-5-33-22-27-20(17-14-10-31-11-15(14)18(25)19(26)21(17)28-22)16-12-6-7-13(16)9-29(8-12)23(30)32-24(2,3)4/h12-13,16H,5-11H2,1-4H3. The van der Waals surface area contributed by atoms with Gasteiger partial charge in [-0.3, -0.25) is 0 Å². The number of nitrogens with zero attached hydrogens (tertiary/aromatic N) is 3. The Morgan fingerprint density at radius 2 is 1.88 bits per heavy atom. The average Bonchev–Trinajstić information content (AvgIpc) is 3.33. The molecular formula is C24H29BrFN3O3S. The summed E-state index contributed by atoms with van der Waals surface area (Å²) in [6, 6.07) is 0. The average molecular weight is 538 g/mol. The zero-order valence-electron chi connectivity index (χ0n) is 19.4. The van der Waals surface area contributed by atoms with Crippen molar-refractivity contribution in [1.29, 1.82) is 0 Å². The Labute approximate surface area is 206 Å². The summed E-state index contributed by atoms with van der Waals surface area (Å²) in [5, 5.41) is 1.43. The third kappa shape index (κ3) is 4.14. The first-order chi connectivity index (χ1) is 15.7. The van der Waals surface area contributed by atoms with E-state index < -0.39 is 5.60 Å². The third-order valence-corrected chi connectivity index (χ3v) is 8.37. The lowest BCUT2D eigenvalue weighted by Gasteiger charge is -2.38. The molecule has 3 aliphatic rings. The van der Waals surface area contributed by atoms with Crippen LogP contribution in [0.3, 0.4) is 0 Å². The van der Waals surface area contributed by atoms with E-state index in [1.54, 1.807) is 0 Å². The van der Waals surface area contributed by atoms with Crippen LogP contribution in [-0.2, 0) is 22.7 Å². The van der Waals surface area contributed by atoms with Gasteiger partial charge in [-0.25, -0.2) is 19.2 Å². The van der Waals surface area contributed by atoms with E-state index in [0.29, 0.717) is 41.4 Å². The van der Waals surface area contributed by atoms with Crippen LogP contribution >= 0.6 is 27.7 Å². The Bertz CT molecular complexity index is 1110. The van der Waals surface area contributed by atoms with Gasteiger partial charge in [-0.15, -0.1) is 0 Å². The molecule has 2 unspecified atom stereocenters. The second-order valence-corrected chi connectivity index (χ2v) is 12.2. The van der Waals surface area contributed by atoms with Gasteiger partial charge in [-0.2, -0.15) is 0 Å². The minimum atomic E-state index is -0.520. The van der Waals surface area contributed by atoms with Crippen molar-refractivity contribution in [2.45, 2.75) is 70.4 Å². The van der Waals surface area contributed by atoms with Crippen molar-refractivity contribution in [2.24, 2.45) is 11.8 Å². The molecule has 0 spiro atoms. The monoisotopic (exact) mass is 537 g/mol. The van der Waals surface area contributed by atoms with Gasteiger partial charge >= 0.3 is 6.09 Å². The minimum absolute atomic E-state index is 0.163. The second-order valence-electron chi connectivity index (χ2n) is 10.1. The fourth-order valence-corrected chi connectivity index (χ4v) is 6.70. The number of benzene rings is 1. The van der Waals surface area contributed by atoms with Crippen molar-refractivity contribution in [3.63, 3.8) is 0 Å². The molecule has 178 valence electrons. The number of hydrogen-bond acceptors (Lipinski definition) is 6. The van der Waals surface area contributed by atoms with Crippen molar-refractivity contribution in [2.75, 3.05) is 18.8 Å². The maximum atomic E-state index is 15.5. The minimum Gasteiger partial charge on any atom is -0.444 e. The van der Waals surface area contributed by atoms with E-state index in [0.717, 1.165) is 40.8 Å². The topological polar surface area (TPSA) is 64.6 Å². The number of ether oxygens (including phenoxy) is 2. The van der Waals surface area contributed by atoms with Gasteiger partial charge in [0, 0.05) is 30.0 Å². The molecule has 2 atom stereocenters. The molecule has 1 saturated carbocycles. The number of amides is 1. The van der Waals surface area contributed by atoms with E-state index in [2.05, 4.69) is 20.9 Å². The molecule has 1 aliphatic carbocycles. The second kappa shape index (κ2) is 8.64. The molecule has 33 heavy (non-hydrogen) atoms. The highest BCUT2D eigenvalue weighted by Gasteiger charge is 2.47. The highest BCUT2D eigenvalue weighted by Crippen LogP contribution is 2.51. The Morgan fingerprint density at radius 1 is 1.21 bits per heavy atom. The molecule has 0 radical (unpaired) electrons. The fourth-order valence-electron chi connectivity index (χ4n) is 5.58. The van der Waals surface area contributed by atoms with E-state index in [1.807, 2.05) is 32.6 Å². The number of piperidine rings is 1. The summed E-state index contributed by atoms with van der Waals surface area (Å²) in [4.78, 5) is 24.2. The summed E-state index contributed by atoms with van der Waals surface area (Å²) < 4.78 is 27.3. The van der Waals surface area contributed by atoms with Gasteiger partial charge in [0.25, 0.3) is 0 Å². The number of thioether (sulfide) groups is 1. The van der Waals surface area contributed by atoms with E-state index >= 15 is 4.39 Å². The molecule has 0 N–H and O–H groups in total. The van der Waals surface area contributed by atoms with E-state index in [-0.39, 0.29) is 29.7 Å². The lowest BCUT2D eigenvalue weighted by atomic mass is 9.80. The molecule has 1 amide bonds. The van der Waals surface area contributed by atoms with Gasteiger partial charge in [-0.05, 0) is 72.7 Å². The Hall–Kier alpha value is -1.45. The Kier molecular flexibility index (Phi) is 6.10. The molecule has 5 rings (SSSR count). The summed E-state index contributed by atoms with van der Waals surface area (Å²) in [6.07, 6.45) is 1.79. The quantitative estimate of drug-likeness (QED) is 0.351. The number of fused-ring (bicyclic) bond motifs is 5. The smallest absolute Gasteiger partial charge is 0.410 e. The lowest BCUT2D eigenvalue weighted by Crippen LogP contribution is -2.46. The first kappa shape index (κ1) is 23.3. The predicted molar refractivity (Wildman–Crippen MR) is 129 cm³/mol. The van der Waals surface area contributed by atoms with Crippen molar-refractivity contribution >= 4 is 44.7 Å². The number of carbonyl (C=O) groups is 1. The number of aromatic nitrogens is 2. The van der Waals surface area contributed by atoms with Crippen molar-refractivity contribution in [3.8, 4) is 0 Å². The van der Waals surface area contributed by atoms with Crippen LogP contribution in [0.1, 0.15) is 63.3 Å². The molecule has 2 aliphatic heterocycles. The number of carbonyl (C=O) groups excluding carboxylic acids is 1. The van der Waals surface area contributed by atoms with E-state index in [4.69, 9.17) is 14.5 Å². The highest BCUT2D eigenvalue weighted by atomic mass is 79.9. The summed E-state index contributed by atoms with van der Waals surface area (Å²) >= 11 is 4.97. The van der Waals surface area contributed by atoms with Gasteiger partial charge in [0.15, 0.2) is 11.0 Å². The van der Waals surface area contributed by atoms with Crippen LogP contribution < -0.4 is 0 Å². The van der Waals surface area contributed by atoms with Crippen LogP contribution in [0.15, 0.2) is 9.63 Å². The van der Waals surface area contributed by atoms with Gasteiger partial charge in [0.1, 0.15) is 11.1 Å². The molecule has 2 aromatic rings. The summed E-state index contributed by atoms with van der Waals surface area (Å²) in [5.41, 5.74) is 2.64. The maximum absolute atomic E-state index is 15.5. The summed E-state index contributed by atoms with van der Waals surface area (Å²) in [6.45, 7) is 9.81. The maximum Gasteiger partial charge on any atom is 0.410 e. The number of rotatable bonds is 3. The number of likely N-dealkylation sites (tertiary alicyclic amines) is 1. The lowest BCUT2D eigenvalue weighted by molar-refractivity contribution is 0.0128. The number of hydrogen-bond donors (Lipinski definition) is 0. The van der Waals surface area contributed by atoms with E-state index in [9.17, 15) is 4.79 Å². The van der Waals surface area contributed by atoms with Crippen molar-refractivity contribution in [1.82, 2.24) is 14.9 Å². The molecule has 1 aromatic heterocycles. The van der Waals surface area contributed by atoms with Gasteiger partial charge in [0.2, 0.25) is 0 Å². The summed E-state index contributed by atoms with van der Waals surface area (Å²) in [7, 11) is 0. The highest BCUT2D eigenvalue weighted by molar-refractivity contribution is 9.10. The fraction of sp³-hybridized carbons (Fsp3) is 0.625. The van der Waals surface area contributed by atoms with Gasteiger partial charge < -0.3 is 14.4 Å².